The molecule has 1 fully saturated rings. The van der Waals surface area contributed by atoms with Gasteiger partial charge in [0.2, 0.25) is 5.91 Å². The Labute approximate surface area is 217 Å². The highest BCUT2D eigenvalue weighted by molar-refractivity contribution is 7.08. The molecule has 0 atom stereocenters. The highest BCUT2D eigenvalue weighted by Crippen LogP contribution is 2.34. The van der Waals surface area contributed by atoms with Crippen molar-refractivity contribution in [2.45, 2.75) is 25.7 Å². The summed E-state index contributed by atoms with van der Waals surface area (Å²) in [4.78, 5) is 25.4. The minimum Gasteiger partial charge on any atom is -0.337 e. The molecule has 0 spiro atoms. The number of carbonyl (C=O) groups excluding carboxylic acids is 1. The maximum absolute atomic E-state index is 12.6. The number of aromatic nitrogens is 5. The lowest BCUT2D eigenvalue weighted by Crippen LogP contribution is -2.20. The molecule has 182 valence electrons. The molecule has 37 heavy (non-hydrogen) atoms. The second-order valence-electron chi connectivity index (χ2n) is 9.56. The van der Waals surface area contributed by atoms with Gasteiger partial charge >= 0.3 is 0 Å². The fraction of sp³-hybridized carbons (Fsp3) is 0.172. The van der Waals surface area contributed by atoms with Crippen LogP contribution in [0.25, 0.3) is 55.7 Å². The molecule has 4 aromatic heterocycles. The third-order valence-corrected chi connectivity index (χ3v) is 7.88. The van der Waals surface area contributed by atoms with Crippen LogP contribution < -0.4 is 5.32 Å². The van der Waals surface area contributed by atoms with E-state index in [1.165, 1.54) is 0 Å². The van der Waals surface area contributed by atoms with Crippen molar-refractivity contribution < 1.29 is 4.79 Å². The zero-order valence-electron chi connectivity index (χ0n) is 20.0. The molecule has 0 aliphatic heterocycles. The Balaban J connectivity index is 1.25. The van der Waals surface area contributed by atoms with Crippen molar-refractivity contribution in [3.8, 4) is 33.8 Å². The number of amides is 1. The highest BCUT2D eigenvalue weighted by atomic mass is 32.1. The molecule has 1 saturated carbocycles. The van der Waals surface area contributed by atoms with E-state index in [1.807, 2.05) is 36.5 Å². The first kappa shape index (κ1) is 21.9. The van der Waals surface area contributed by atoms with Gasteiger partial charge in [0.25, 0.3) is 0 Å². The number of pyridine rings is 1. The Morgan fingerprint density at radius 3 is 2.76 bits per heavy atom. The number of imidazole rings is 1. The van der Waals surface area contributed by atoms with Crippen LogP contribution >= 0.6 is 11.3 Å². The number of anilines is 1. The van der Waals surface area contributed by atoms with Gasteiger partial charge in [-0.2, -0.15) is 16.4 Å². The van der Waals surface area contributed by atoms with E-state index in [1.54, 1.807) is 17.5 Å². The van der Waals surface area contributed by atoms with Crippen LogP contribution in [0.4, 0.5) is 5.69 Å². The minimum absolute atomic E-state index is 0.0933. The van der Waals surface area contributed by atoms with E-state index in [4.69, 9.17) is 4.98 Å². The molecule has 7 nitrogen and oxygen atoms in total. The summed E-state index contributed by atoms with van der Waals surface area (Å²) in [6, 6.07) is 16.4. The van der Waals surface area contributed by atoms with Crippen LogP contribution in [-0.4, -0.2) is 31.1 Å². The molecule has 7 rings (SSSR count). The molecule has 1 aliphatic rings. The number of fused-ring (bicyclic) bond motifs is 2. The molecular weight excluding hydrogens is 480 g/mol. The predicted octanol–water partition coefficient (Wildman–Crippen LogP) is 7.03. The summed E-state index contributed by atoms with van der Waals surface area (Å²) < 4.78 is 0. The number of hydrogen-bond acceptors (Lipinski definition) is 5. The Morgan fingerprint density at radius 1 is 0.973 bits per heavy atom. The van der Waals surface area contributed by atoms with E-state index in [0.29, 0.717) is 0 Å². The summed E-state index contributed by atoms with van der Waals surface area (Å²) in [5.41, 5.74) is 8.51. The summed E-state index contributed by atoms with van der Waals surface area (Å²) in [6.45, 7) is 0. The normalized spacial score (nSPS) is 14.1. The predicted molar refractivity (Wildman–Crippen MR) is 148 cm³/mol. The summed E-state index contributed by atoms with van der Waals surface area (Å²) in [5, 5.41) is 16.0. The van der Waals surface area contributed by atoms with Gasteiger partial charge in [-0.05, 0) is 65.1 Å². The summed E-state index contributed by atoms with van der Waals surface area (Å²) in [5.74, 6) is 0.921. The van der Waals surface area contributed by atoms with Gasteiger partial charge in [0.15, 0.2) is 5.82 Å². The van der Waals surface area contributed by atoms with Gasteiger partial charge in [0, 0.05) is 28.6 Å². The number of aromatic amines is 2. The standard InChI is InChI=1S/C29H24N6OS/c36-29(17-4-1-2-5-17)31-21-12-20(14-30-15-21)18-8-9-24-23(13-18)27(35-34-24)28-32-25-7-3-6-22(26(25)33-28)19-10-11-37-16-19/h3,6-17H,1-2,4-5H2,(H,31,36)(H,32,33)(H,34,35). The van der Waals surface area contributed by atoms with Crippen LogP contribution in [0.5, 0.6) is 0 Å². The fourth-order valence-electron chi connectivity index (χ4n) is 5.27. The van der Waals surface area contributed by atoms with Crippen molar-refractivity contribution in [2.75, 3.05) is 5.32 Å². The maximum atomic E-state index is 12.6. The molecule has 1 amide bonds. The van der Waals surface area contributed by atoms with Crippen LogP contribution in [0.2, 0.25) is 0 Å². The van der Waals surface area contributed by atoms with Crippen LogP contribution in [0.1, 0.15) is 25.7 Å². The summed E-state index contributed by atoms with van der Waals surface area (Å²) in [6.07, 6.45) is 7.72. The van der Waals surface area contributed by atoms with E-state index in [0.717, 1.165) is 87.1 Å². The second kappa shape index (κ2) is 8.97. The molecule has 0 saturated heterocycles. The van der Waals surface area contributed by atoms with Crippen molar-refractivity contribution >= 4 is 44.9 Å². The number of hydrogen-bond donors (Lipinski definition) is 3. The van der Waals surface area contributed by atoms with Crippen molar-refractivity contribution in [1.29, 1.82) is 0 Å². The first-order chi connectivity index (χ1) is 18.2. The van der Waals surface area contributed by atoms with Crippen LogP contribution in [0.15, 0.2) is 71.7 Å². The zero-order chi connectivity index (χ0) is 24.8. The molecule has 2 aromatic carbocycles. The Kier molecular flexibility index (Phi) is 5.32. The number of nitrogens with one attached hydrogen (secondary N) is 3. The molecule has 0 radical (unpaired) electrons. The van der Waals surface area contributed by atoms with Gasteiger partial charge in [-0.25, -0.2) is 4.98 Å². The van der Waals surface area contributed by atoms with Gasteiger partial charge in [0.1, 0.15) is 5.69 Å². The van der Waals surface area contributed by atoms with Gasteiger partial charge < -0.3 is 10.3 Å². The Bertz CT molecular complexity index is 1740. The lowest BCUT2D eigenvalue weighted by atomic mass is 10.0. The molecule has 0 bridgehead atoms. The smallest absolute Gasteiger partial charge is 0.227 e. The lowest BCUT2D eigenvalue weighted by Gasteiger charge is -2.11. The molecule has 3 N–H and O–H groups in total. The number of benzene rings is 2. The average Bonchev–Trinajstić information content (AvgIpc) is 3.74. The van der Waals surface area contributed by atoms with E-state index >= 15 is 0 Å². The first-order valence-corrected chi connectivity index (χ1v) is 13.4. The number of H-pyrrole nitrogens is 2. The van der Waals surface area contributed by atoms with E-state index in [2.05, 4.69) is 54.4 Å². The third kappa shape index (κ3) is 3.99. The first-order valence-electron chi connectivity index (χ1n) is 12.5. The molecular formula is C29H24N6OS. The summed E-state index contributed by atoms with van der Waals surface area (Å²) in [7, 11) is 0. The van der Waals surface area contributed by atoms with Gasteiger partial charge in [0.05, 0.1) is 28.4 Å². The fourth-order valence-corrected chi connectivity index (χ4v) is 5.92. The average molecular weight is 505 g/mol. The third-order valence-electron chi connectivity index (χ3n) is 7.20. The van der Waals surface area contributed by atoms with E-state index < -0.39 is 0 Å². The SMILES string of the molecule is O=C(Nc1cncc(-c2ccc3[nH]nc(-c4nc5c(-c6ccsc6)cccc5[nH]4)c3c2)c1)C1CCCC1. The van der Waals surface area contributed by atoms with Crippen molar-refractivity contribution in [3.63, 3.8) is 0 Å². The zero-order valence-corrected chi connectivity index (χ0v) is 20.8. The van der Waals surface area contributed by atoms with Gasteiger partial charge in [-0.3, -0.25) is 14.9 Å². The molecule has 0 unspecified atom stereocenters. The number of rotatable bonds is 5. The lowest BCUT2D eigenvalue weighted by molar-refractivity contribution is -0.119. The minimum atomic E-state index is 0.0933. The van der Waals surface area contributed by atoms with Crippen molar-refractivity contribution in [2.24, 2.45) is 5.92 Å². The highest BCUT2D eigenvalue weighted by Gasteiger charge is 2.23. The number of thiophene rings is 1. The number of carbonyl (C=O) groups is 1. The summed E-state index contributed by atoms with van der Waals surface area (Å²) >= 11 is 1.68. The van der Waals surface area contributed by atoms with E-state index in [9.17, 15) is 4.79 Å². The molecule has 1 aliphatic carbocycles. The topological polar surface area (TPSA) is 99.3 Å². The monoisotopic (exact) mass is 504 g/mol. The number of para-hydroxylation sites is 1. The van der Waals surface area contributed by atoms with Gasteiger partial charge in [-0.1, -0.05) is 31.0 Å². The Morgan fingerprint density at radius 2 is 1.89 bits per heavy atom. The van der Waals surface area contributed by atoms with Crippen LogP contribution in [0.3, 0.4) is 0 Å². The van der Waals surface area contributed by atoms with E-state index in [-0.39, 0.29) is 11.8 Å². The van der Waals surface area contributed by atoms with Crippen molar-refractivity contribution in [1.82, 2.24) is 25.1 Å². The quantitative estimate of drug-likeness (QED) is 0.235. The molecule has 4 heterocycles. The Hall–Kier alpha value is -4.30. The number of nitrogens with zero attached hydrogens (tertiary/aromatic N) is 3. The molecule has 6 aromatic rings. The van der Waals surface area contributed by atoms with Crippen LogP contribution in [-0.2, 0) is 4.79 Å². The maximum Gasteiger partial charge on any atom is 0.227 e. The van der Waals surface area contributed by atoms with Gasteiger partial charge in [-0.15, -0.1) is 0 Å². The van der Waals surface area contributed by atoms with Crippen molar-refractivity contribution in [3.05, 3.63) is 71.7 Å². The largest absolute Gasteiger partial charge is 0.337 e. The second-order valence-corrected chi connectivity index (χ2v) is 10.3. The molecule has 8 heteroatoms. The van der Waals surface area contributed by atoms with Crippen LogP contribution in [0, 0.1) is 5.92 Å².